The Labute approximate surface area is 206 Å². The Bertz CT molecular complexity index is 1020. The van der Waals surface area contributed by atoms with Crippen LogP contribution in [0.4, 0.5) is 0 Å². The Morgan fingerprint density at radius 1 is 1.11 bits per heavy atom. The molecule has 0 saturated heterocycles. The van der Waals surface area contributed by atoms with Crippen molar-refractivity contribution >= 4 is 11.8 Å². The summed E-state index contributed by atoms with van der Waals surface area (Å²) in [5.41, 5.74) is 1.39. The van der Waals surface area contributed by atoms with Crippen molar-refractivity contribution < 1.29 is 24.5 Å². The molecule has 3 unspecified atom stereocenters. The summed E-state index contributed by atoms with van der Waals surface area (Å²) >= 11 is 0. The Morgan fingerprint density at radius 3 is 2.66 bits per heavy atom. The van der Waals surface area contributed by atoms with Crippen LogP contribution in [0.3, 0.4) is 0 Å². The van der Waals surface area contributed by atoms with Gasteiger partial charge in [-0.1, -0.05) is 24.6 Å². The molecule has 7 heteroatoms. The predicted molar refractivity (Wildman–Crippen MR) is 130 cm³/mol. The van der Waals surface area contributed by atoms with E-state index in [1.54, 1.807) is 0 Å². The monoisotopic (exact) mass is 480 g/mol. The van der Waals surface area contributed by atoms with E-state index in [0.29, 0.717) is 42.0 Å². The molecule has 0 radical (unpaired) electrons. The lowest BCUT2D eigenvalue weighted by atomic mass is 9.77. The van der Waals surface area contributed by atoms with E-state index in [1.165, 1.54) is 19.3 Å². The molecule has 0 aromatic heterocycles. The molecular formula is C28H36N2O5. The van der Waals surface area contributed by atoms with Crippen LogP contribution in [0, 0.1) is 23.7 Å². The van der Waals surface area contributed by atoms with E-state index in [1.807, 2.05) is 35.2 Å². The zero-order valence-corrected chi connectivity index (χ0v) is 20.1. The lowest BCUT2D eigenvalue weighted by molar-refractivity contribution is -0.139. The van der Waals surface area contributed by atoms with Crippen molar-refractivity contribution in [1.82, 2.24) is 10.2 Å². The first-order valence-corrected chi connectivity index (χ1v) is 13.4. The van der Waals surface area contributed by atoms with E-state index in [9.17, 15) is 19.8 Å². The summed E-state index contributed by atoms with van der Waals surface area (Å²) in [5, 5.41) is 23.6. The van der Waals surface area contributed by atoms with E-state index in [-0.39, 0.29) is 25.0 Å². The average molecular weight is 481 g/mol. The molecule has 35 heavy (non-hydrogen) atoms. The third-order valence-corrected chi connectivity index (χ3v) is 9.03. The van der Waals surface area contributed by atoms with Crippen LogP contribution in [0.5, 0.6) is 5.75 Å². The highest BCUT2D eigenvalue weighted by molar-refractivity contribution is 5.96. The number of aliphatic hydroxyl groups excluding tert-OH is 2. The van der Waals surface area contributed by atoms with Gasteiger partial charge < -0.3 is 25.2 Å². The molecule has 0 spiro atoms. The van der Waals surface area contributed by atoms with Crippen molar-refractivity contribution in [3.63, 3.8) is 0 Å². The molecule has 1 aliphatic heterocycles. The van der Waals surface area contributed by atoms with Crippen LogP contribution in [0.25, 0.3) is 0 Å². The molecule has 1 heterocycles. The van der Waals surface area contributed by atoms with Crippen molar-refractivity contribution in [2.24, 2.45) is 23.7 Å². The van der Waals surface area contributed by atoms with Crippen LogP contribution in [-0.2, 0) is 9.59 Å². The molecule has 5 aliphatic rings. The second-order valence-corrected chi connectivity index (χ2v) is 11.3. The van der Waals surface area contributed by atoms with E-state index in [2.05, 4.69) is 5.32 Å². The fourth-order valence-corrected chi connectivity index (χ4v) is 7.13. The van der Waals surface area contributed by atoms with Crippen LogP contribution in [-0.4, -0.2) is 64.9 Å². The number of para-hydroxylation sites is 1. The second-order valence-electron chi connectivity index (χ2n) is 11.3. The van der Waals surface area contributed by atoms with Crippen LogP contribution < -0.4 is 10.1 Å². The highest BCUT2D eigenvalue weighted by atomic mass is 16.5. The van der Waals surface area contributed by atoms with Crippen LogP contribution >= 0.6 is 0 Å². The molecule has 3 N–H and O–H groups in total. The highest BCUT2D eigenvalue weighted by Gasteiger charge is 2.51. The third kappa shape index (κ3) is 4.27. The minimum absolute atomic E-state index is 0.0961. The number of nitrogens with zero attached hydrogens (tertiary/aromatic N) is 1. The van der Waals surface area contributed by atoms with Crippen molar-refractivity contribution in [3.8, 4) is 5.75 Å². The number of fused-ring (bicyclic) bond motifs is 5. The largest absolute Gasteiger partial charge is 0.486 e. The lowest BCUT2D eigenvalue weighted by Gasteiger charge is -2.41. The van der Waals surface area contributed by atoms with E-state index >= 15 is 0 Å². The van der Waals surface area contributed by atoms with Gasteiger partial charge in [0.05, 0.1) is 18.6 Å². The first-order valence-electron chi connectivity index (χ1n) is 13.4. The fraction of sp³-hybridized carbons (Fsp3) is 0.643. The van der Waals surface area contributed by atoms with Gasteiger partial charge in [0, 0.05) is 30.6 Å². The molecule has 188 valence electrons. The maximum atomic E-state index is 13.8. The summed E-state index contributed by atoms with van der Waals surface area (Å²) in [5.74, 6) is 2.44. The number of benzene rings is 1. The normalized spacial score (nSPS) is 34.6. The predicted octanol–water partition coefficient (Wildman–Crippen LogP) is 2.37. The summed E-state index contributed by atoms with van der Waals surface area (Å²) in [4.78, 5) is 28.8. The molecule has 7 nitrogen and oxygen atoms in total. The Kier molecular flexibility index (Phi) is 6.09. The minimum atomic E-state index is -0.926. The fourth-order valence-electron chi connectivity index (χ4n) is 7.13. The average Bonchev–Trinajstić information content (AvgIpc) is 3.25. The molecule has 3 fully saturated rings. The summed E-state index contributed by atoms with van der Waals surface area (Å²) in [6.07, 6.45) is 7.94. The minimum Gasteiger partial charge on any atom is -0.486 e. The Morgan fingerprint density at radius 2 is 1.94 bits per heavy atom. The molecule has 7 atom stereocenters. The van der Waals surface area contributed by atoms with Crippen molar-refractivity contribution in [2.45, 2.75) is 69.1 Å². The summed E-state index contributed by atoms with van der Waals surface area (Å²) < 4.78 is 6.20. The number of carbonyl (C=O) groups is 2. The first kappa shape index (κ1) is 23.0. The second kappa shape index (κ2) is 9.25. The molecule has 4 aliphatic carbocycles. The summed E-state index contributed by atoms with van der Waals surface area (Å²) in [6, 6.07) is 6.98. The van der Waals surface area contributed by atoms with E-state index in [0.717, 1.165) is 30.7 Å². The van der Waals surface area contributed by atoms with E-state index < -0.39 is 24.2 Å². The Hall–Kier alpha value is -2.38. The topological polar surface area (TPSA) is 99.1 Å². The number of carbonyl (C=O) groups excluding carboxylic acids is 2. The number of nitrogens with one attached hydrogen (secondary N) is 1. The molecule has 1 aromatic carbocycles. The zero-order chi connectivity index (χ0) is 24.1. The zero-order valence-electron chi connectivity index (χ0n) is 20.1. The lowest BCUT2D eigenvalue weighted by Crippen LogP contribution is -2.56. The highest BCUT2D eigenvalue weighted by Crippen LogP contribution is 2.51. The maximum absolute atomic E-state index is 13.8. The van der Waals surface area contributed by atoms with Gasteiger partial charge >= 0.3 is 0 Å². The SMILES string of the molecule is O=C(NCCO)C1=C[C@@H](N(CC2CC2)C(=O)CC2CC3CCC2C3)[C@H](O)[C@H]2Oc3ccccc3[C@@H]12. The molecule has 1 aromatic rings. The quantitative estimate of drug-likeness (QED) is 0.531. The number of ether oxygens (including phenoxy) is 1. The number of aliphatic hydroxyl groups is 2. The standard InChI is InChI=1S/C28H36N2O5/c31-10-9-29-28(34)21-14-22(26(33)27-25(21)20-3-1-2-4-23(20)35-27)30(15-16-5-6-16)24(32)13-19-12-17-7-8-18(19)11-17/h1-4,14,16-19,22,25-27,31,33H,5-13,15H2,(H,29,34)/t17?,18?,19?,22-,25+,26+,27+/m1/s1. The molecule has 6 rings (SSSR count). The molecule has 2 bridgehead atoms. The van der Waals surface area contributed by atoms with Gasteiger partial charge in [-0.3, -0.25) is 9.59 Å². The van der Waals surface area contributed by atoms with Gasteiger partial charge in [-0.2, -0.15) is 0 Å². The van der Waals surface area contributed by atoms with Crippen LogP contribution in [0.1, 0.15) is 56.4 Å². The molecule has 2 amide bonds. The summed E-state index contributed by atoms with van der Waals surface area (Å²) in [6.45, 7) is 0.619. The van der Waals surface area contributed by atoms with Gasteiger partial charge in [-0.25, -0.2) is 0 Å². The van der Waals surface area contributed by atoms with Crippen LogP contribution in [0.2, 0.25) is 0 Å². The number of hydrogen-bond acceptors (Lipinski definition) is 5. The maximum Gasteiger partial charge on any atom is 0.247 e. The number of hydrogen-bond donors (Lipinski definition) is 3. The van der Waals surface area contributed by atoms with Crippen molar-refractivity contribution in [3.05, 3.63) is 41.5 Å². The molecular weight excluding hydrogens is 444 g/mol. The van der Waals surface area contributed by atoms with Gasteiger partial charge in [0.1, 0.15) is 18.0 Å². The smallest absolute Gasteiger partial charge is 0.247 e. The number of rotatable bonds is 8. The van der Waals surface area contributed by atoms with Gasteiger partial charge in [-0.05, 0) is 67.9 Å². The van der Waals surface area contributed by atoms with Gasteiger partial charge in [0.25, 0.3) is 0 Å². The van der Waals surface area contributed by atoms with Gasteiger partial charge in [0.15, 0.2) is 0 Å². The van der Waals surface area contributed by atoms with Crippen LogP contribution in [0.15, 0.2) is 35.9 Å². The van der Waals surface area contributed by atoms with Crippen molar-refractivity contribution in [1.29, 1.82) is 0 Å². The summed E-state index contributed by atoms with van der Waals surface area (Å²) in [7, 11) is 0. The van der Waals surface area contributed by atoms with Crippen molar-refractivity contribution in [2.75, 3.05) is 19.7 Å². The van der Waals surface area contributed by atoms with Gasteiger partial charge in [-0.15, -0.1) is 0 Å². The van der Waals surface area contributed by atoms with Gasteiger partial charge in [0.2, 0.25) is 11.8 Å². The van der Waals surface area contributed by atoms with E-state index in [4.69, 9.17) is 4.74 Å². The number of amides is 2. The third-order valence-electron chi connectivity index (χ3n) is 9.03. The Balaban J connectivity index is 1.31. The molecule has 3 saturated carbocycles. The first-order chi connectivity index (χ1) is 17.0.